The number of fused-ring (bicyclic) bond motifs is 3. The van der Waals surface area contributed by atoms with Crippen molar-refractivity contribution >= 4 is 40.7 Å². The summed E-state index contributed by atoms with van der Waals surface area (Å²) in [6.07, 6.45) is 3.21. The summed E-state index contributed by atoms with van der Waals surface area (Å²) in [4.78, 5) is 52.4. The van der Waals surface area contributed by atoms with E-state index in [0.717, 1.165) is 33.7 Å². The second-order valence-corrected chi connectivity index (χ2v) is 8.68. The first-order valence-corrected chi connectivity index (χ1v) is 10.5. The Morgan fingerprint density at radius 2 is 2.00 bits per heavy atom. The van der Waals surface area contributed by atoms with E-state index >= 15 is 0 Å². The van der Waals surface area contributed by atoms with Gasteiger partial charge in [-0.25, -0.2) is 4.79 Å². The Morgan fingerprint density at radius 3 is 2.86 bits per heavy atom. The first kappa shape index (κ1) is 18.1. The van der Waals surface area contributed by atoms with Crippen molar-refractivity contribution in [1.29, 1.82) is 0 Å². The molecule has 148 valence electrons. The summed E-state index contributed by atoms with van der Waals surface area (Å²) in [5, 5.41) is 7.59. The number of anilines is 1. The summed E-state index contributed by atoms with van der Waals surface area (Å²) in [7, 11) is 0. The molecule has 1 saturated heterocycles. The van der Waals surface area contributed by atoms with E-state index in [1.54, 1.807) is 29.5 Å². The van der Waals surface area contributed by atoms with Crippen molar-refractivity contribution in [2.24, 2.45) is 0 Å². The number of amides is 4. The van der Waals surface area contributed by atoms with Crippen molar-refractivity contribution in [3.05, 3.63) is 51.2 Å². The molecule has 8 heteroatoms. The highest BCUT2D eigenvalue weighted by Gasteiger charge is 2.54. The number of thiophene rings is 1. The summed E-state index contributed by atoms with van der Waals surface area (Å²) in [5.74, 6) is -0.687. The maximum absolute atomic E-state index is 13.2. The maximum atomic E-state index is 13.2. The first-order valence-electron chi connectivity index (χ1n) is 9.65. The van der Waals surface area contributed by atoms with Crippen LogP contribution in [0.5, 0.6) is 0 Å². The second-order valence-electron chi connectivity index (χ2n) is 7.68. The number of hydrogen-bond acceptors (Lipinski definition) is 5. The Morgan fingerprint density at radius 1 is 1.14 bits per heavy atom. The molecule has 5 rings (SSSR count). The molecule has 3 heterocycles. The van der Waals surface area contributed by atoms with Gasteiger partial charge in [0.25, 0.3) is 5.91 Å². The number of carbonyl (C=O) groups excluding carboxylic acids is 4. The third-order valence-corrected chi connectivity index (χ3v) is 6.94. The van der Waals surface area contributed by atoms with Crippen LogP contribution in [0.3, 0.4) is 0 Å². The van der Waals surface area contributed by atoms with E-state index in [0.29, 0.717) is 30.5 Å². The molecule has 29 heavy (non-hydrogen) atoms. The van der Waals surface area contributed by atoms with E-state index in [-0.39, 0.29) is 24.1 Å². The third-order valence-electron chi connectivity index (χ3n) is 5.96. The minimum Gasteiger partial charge on any atom is -0.326 e. The number of nitrogens with zero attached hydrogens (tertiary/aromatic N) is 1. The summed E-state index contributed by atoms with van der Waals surface area (Å²) in [6.45, 7) is -0.295. The van der Waals surface area contributed by atoms with Gasteiger partial charge in [0.1, 0.15) is 5.54 Å². The Kier molecular flexibility index (Phi) is 4.06. The van der Waals surface area contributed by atoms with Crippen LogP contribution in [0.4, 0.5) is 10.5 Å². The number of nitrogens with one attached hydrogen (secondary N) is 2. The van der Waals surface area contributed by atoms with E-state index in [1.807, 2.05) is 11.4 Å². The predicted molar refractivity (Wildman–Crippen MR) is 107 cm³/mol. The zero-order valence-electron chi connectivity index (χ0n) is 15.6. The normalized spacial score (nSPS) is 22.9. The number of Topliss-reactive ketones (excluding diaryl/α,β-unsaturated/α-hetero) is 1. The van der Waals surface area contributed by atoms with Crippen molar-refractivity contribution in [3.63, 3.8) is 0 Å². The van der Waals surface area contributed by atoms with Gasteiger partial charge in [0.05, 0.1) is 6.54 Å². The minimum atomic E-state index is -1.04. The van der Waals surface area contributed by atoms with E-state index in [9.17, 15) is 19.2 Å². The third kappa shape index (κ3) is 2.78. The number of aryl methyl sites for hydroxylation is 2. The van der Waals surface area contributed by atoms with Crippen LogP contribution < -0.4 is 10.6 Å². The number of urea groups is 1. The lowest BCUT2D eigenvalue weighted by molar-refractivity contribution is -0.131. The molecule has 1 aliphatic carbocycles. The molecule has 3 aliphatic rings. The Balaban J connectivity index is 1.39. The van der Waals surface area contributed by atoms with Gasteiger partial charge in [-0.1, -0.05) is 0 Å². The summed E-state index contributed by atoms with van der Waals surface area (Å²) in [6, 6.07) is 6.45. The molecule has 1 atom stereocenters. The van der Waals surface area contributed by atoms with Gasteiger partial charge in [-0.15, -0.1) is 11.3 Å². The van der Waals surface area contributed by atoms with Crippen molar-refractivity contribution in [2.75, 3.05) is 11.9 Å². The van der Waals surface area contributed by atoms with Gasteiger partial charge < -0.3 is 10.6 Å². The number of benzene rings is 1. The molecule has 1 fully saturated rings. The van der Waals surface area contributed by atoms with Gasteiger partial charge in [-0.2, -0.15) is 0 Å². The zero-order valence-corrected chi connectivity index (χ0v) is 16.4. The largest absolute Gasteiger partial charge is 0.326 e. The van der Waals surface area contributed by atoms with Crippen molar-refractivity contribution in [1.82, 2.24) is 10.2 Å². The van der Waals surface area contributed by atoms with Crippen molar-refractivity contribution < 1.29 is 19.2 Å². The van der Waals surface area contributed by atoms with Gasteiger partial charge in [-0.3, -0.25) is 19.3 Å². The quantitative estimate of drug-likeness (QED) is 0.602. The van der Waals surface area contributed by atoms with E-state index in [1.165, 1.54) is 0 Å². The van der Waals surface area contributed by atoms with E-state index in [4.69, 9.17) is 0 Å². The summed E-state index contributed by atoms with van der Waals surface area (Å²) in [5.41, 5.74) is 1.86. The second kappa shape index (κ2) is 6.52. The van der Waals surface area contributed by atoms with Gasteiger partial charge >= 0.3 is 6.03 Å². The highest BCUT2D eigenvalue weighted by atomic mass is 32.1. The van der Waals surface area contributed by atoms with Crippen molar-refractivity contribution in [2.45, 2.75) is 37.6 Å². The molecule has 0 unspecified atom stereocenters. The molecule has 1 aromatic heterocycles. The zero-order chi connectivity index (χ0) is 20.2. The van der Waals surface area contributed by atoms with Crippen LogP contribution in [0.1, 0.15) is 45.6 Å². The van der Waals surface area contributed by atoms with Gasteiger partial charge in [0.15, 0.2) is 5.78 Å². The molecular weight excluding hydrogens is 390 g/mol. The Bertz CT molecular complexity index is 1080. The molecule has 1 aromatic carbocycles. The van der Waals surface area contributed by atoms with Crippen LogP contribution in [0.15, 0.2) is 29.6 Å². The molecule has 0 bridgehead atoms. The van der Waals surface area contributed by atoms with Crippen molar-refractivity contribution in [3.8, 4) is 0 Å². The lowest BCUT2D eigenvalue weighted by Crippen LogP contribution is -2.46. The van der Waals surface area contributed by atoms with Crippen LogP contribution >= 0.6 is 11.3 Å². The topological polar surface area (TPSA) is 95.6 Å². The standard InChI is InChI=1S/C21H19N3O4S/c25-16(13-3-5-15-12(10-13)4-6-18(26)22-15)11-24-19(27)21(23-20(24)28)8-1-2-17-14(21)7-9-29-17/h3,5,7,9-10H,1-2,4,6,8,11H2,(H,22,26)(H,23,28)/t21-/m0/s1. The fourth-order valence-electron chi connectivity index (χ4n) is 4.48. The Labute approximate surface area is 171 Å². The highest BCUT2D eigenvalue weighted by Crippen LogP contribution is 2.42. The van der Waals surface area contributed by atoms with Gasteiger partial charge in [0.2, 0.25) is 5.91 Å². The van der Waals surface area contributed by atoms with Crippen LogP contribution in [0.2, 0.25) is 0 Å². The molecule has 2 N–H and O–H groups in total. The highest BCUT2D eigenvalue weighted by molar-refractivity contribution is 7.10. The molecule has 0 radical (unpaired) electrons. The molecule has 2 aromatic rings. The average molecular weight is 409 g/mol. The minimum absolute atomic E-state index is 0.0403. The predicted octanol–water partition coefficient (Wildman–Crippen LogP) is 2.60. The number of ketones is 1. The van der Waals surface area contributed by atoms with Gasteiger partial charge in [-0.05, 0) is 60.9 Å². The monoisotopic (exact) mass is 409 g/mol. The fourth-order valence-corrected chi connectivity index (χ4v) is 5.48. The lowest BCUT2D eigenvalue weighted by atomic mass is 9.80. The fraction of sp³-hybridized carbons (Fsp3) is 0.333. The number of hydrogen-bond donors (Lipinski definition) is 2. The van der Waals surface area contributed by atoms with Gasteiger partial charge in [0, 0.05) is 28.1 Å². The van der Waals surface area contributed by atoms with Crippen LogP contribution in [-0.4, -0.2) is 35.1 Å². The lowest BCUT2D eigenvalue weighted by Gasteiger charge is -2.31. The maximum Gasteiger partial charge on any atom is 0.325 e. The number of rotatable bonds is 3. The Hall–Kier alpha value is -3.00. The average Bonchev–Trinajstić information content (AvgIpc) is 3.28. The smallest absolute Gasteiger partial charge is 0.325 e. The van der Waals surface area contributed by atoms with Crippen LogP contribution in [-0.2, 0) is 28.0 Å². The molecule has 2 aliphatic heterocycles. The molecule has 7 nitrogen and oxygen atoms in total. The van der Waals surface area contributed by atoms with Crippen LogP contribution in [0, 0.1) is 0 Å². The molecular formula is C21H19N3O4S. The number of imide groups is 1. The summed E-state index contributed by atoms with van der Waals surface area (Å²) < 4.78 is 0. The molecule has 0 saturated carbocycles. The first-order chi connectivity index (χ1) is 14.0. The number of carbonyl (C=O) groups is 4. The molecule has 1 spiro atoms. The molecule has 4 amide bonds. The van der Waals surface area contributed by atoms with E-state index in [2.05, 4.69) is 10.6 Å². The SMILES string of the molecule is O=C1CCc2cc(C(=O)CN3C(=O)N[C@]4(CCCc5sccc54)C3=O)ccc2N1. The van der Waals surface area contributed by atoms with Crippen LogP contribution in [0.25, 0.3) is 0 Å². The summed E-state index contributed by atoms with van der Waals surface area (Å²) >= 11 is 1.60. The van der Waals surface area contributed by atoms with E-state index < -0.39 is 11.6 Å².